The molecule has 1 aliphatic carbocycles. The lowest BCUT2D eigenvalue weighted by Gasteiger charge is -2.18. The molecule has 4 aromatic rings. The molecule has 1 amide bonds. The molecule has 3 aromatic carbocycles. The molecule has 0 spiro atoms. The van der Waals surface area contributed by atoms with E-state index >= 15 is 0 Å². The maximum atomic E-state index is 12.8. The van der Waals surface area contributed by atoms with Gasteiger partial charge in [0.05, 0.1) is 11.8 Å². The van der Waals surface area contributed by atoms with Crippen LogP contribution in [-0.4, -0.2) is 52.4 Å². The van der Waals surface area contributed by atoms with Gasteiger partial charge in [0.1, 0.15) is 24.8 Å². The number of alkyl carbamates (subject to hydrolysis) is 1. The van der Waals surface area contributed by atoms with Crippen LogP contribution < -0.4 is 15.7 Å². The van der Waals surface area contributed by atoms with Gasteiger partial charge in [-0.1, -0.05) is 73.3 Å². The van der Waals surface area contributed by atoms with Crippen LogP contribution in [0, 0.1) is 0 Å². The summed E-state index contributed by atoms with van der Waals surface area (Å²) in [7, 11) is 0. The summed E-state index contributed by atoms with van der Waals surface area (Å²) in [5.41, 5.74) is 3.77. The second kappa shape index (κ2) is 11.6. The lowest BCUT2D eigenvalue weighted by Crippen LogP contribution is -2.45. The second-order valence-electron chi connectivity index (χ2n) is 8.89. The summed E-state index contributed by atoms with van der Waals surface area (Å²) in [5.74, 6) is -2.15. The lowest BCUT2D eigenvalue weighted by atomic mass is 9.98. The van der Waals surface area contributed by atoms with Crippen molar-refractivity contribution in [1.29, 1.82) is 0 Å². The molecule has 0 fully saturated rings. The van der Waals surface area contributed by atoms with Gasteiger partial charge in [-0.3, -0.25) is 4.79 Å². The third-order valence-corrected chi connectivity index (χ3v) is 6.36. The van der Waals surface area contributed by atoms with Gasteiger partial charge in [-0.05, 0) is 44.4 Å². The number of carbonyl (C=O) groups excluding carboxylic acids is 3. The Bertz CT molecular complexity index is 1620. The Morgan fingerprint density at radius 2 is 1.60 bits per heavy atom. The van der Waals surface area contributed by atoms with Gasteiger partial charge in [-0.2, -0.15) is 0 Å². The molecule has 1 aliphatic rings. The van der Waals surface area contributed by atoms with Crippen molar-refractivity contribution in [1.82, 2.24) is 20.5 Å². The second-order valence-corrected chi connectivity index (χ2v) is 8.89. The van der Waals surface area contributed by atoms with Crippen LogP contribution in [0.5, 0.6) is 0 Å². The van der Waals surface area contributed by atoms with E-state index in [4.69, 9.17) is 14.3 Å². The highest BCUT2D eigenvalue weighted by Crippen LogP contribution is 2.44. The third-order valence-electron chi connectivity index (χ3n) is 6.36. The molecule has 1 aromatic heterocycles. The SMILES string of the molecule is C=CCOC(=O)[C@H](CC(=O)On1nnc2ccccc2c1=O)NC(=O)OCC1c2ccccc2-c2ccccc21. The van der Waals surface area contributed by atoms with E-state index in [1.807, 2.05) is 48.5 Å². The van der Waals surface area contributed by atoms with Gasteiger partial charge in [0.2, 0.25) is 0 Å². The molecule has 0 saturated heterocycles. The van der Waals surface area contributed by atoms with Crippen LogP contribution in [-0.2, 0) is 19.1 Å². The highest BCUT2D eigenvalue weighted by molar-refractivity contribution is 5.86. The summed E-state index contributed by atoms with van der Waals surface area (Å²) in [6, 6.07) is 20.6. The minimum absolute atomic E-state index is 0.000798. The van der Waals surface area contributed by atoms with E-state index in [0.29, 0.717) is 10.4 Å². The average molecular weight is 541 g/mol. The molecule has 0 saturated carbocycles. The first-order valence-electron chi connectivity index (χ1n) is 12.4. The molecule has 1 atom stereocenters. The van der Waals surface area contributed by atoms with Crippen molar-refractivity contribution in [2.45, 2.75) is 18.4 Å². The average Bonchev–Trinajstić information content (AvgIpc) is 3.29. The number of hydrogen-bond donors (Lipinski definition) is 1. The van der Waals surface area contributed by atoms with E-state index in [-0.39, 0.29) is 24.5 Å². The number of benzene rings is 3. The standard InChI is InChI=1S/C29H24N4O7/c1-2-15-38-28(36)25(16-26(34)40-33-27(35)22-13-7-8-14-24(22)31-32-33)30-29(37)39-17-23-20-11-5-3-9-18(20)19-10-4-6-12-21(19)23/h2-14,23,25H,1,15-17H2,(H,30,37)/t25-/m0/s1. The predicted octanol–water partition coefficient (Wildman–Crippen LogP) is 2.77. The van der Waals surface area contributed by atoms with E-state index in [1.54, 1.807) is 18.2 Å². The Kier molecular flexibility index (Phi) is 7.63. The molecule has 1 heterocycles. The van der Waals surface area contributed by atoms with E-state index < -0.39 is 36.1 Å². The molecular formula is C29H24N4O7. The lowest BCUT2D eigenvalue weighted by molar-refractivity contribution is -0.153. The predicted molar refractivity (Wildman–Crippen MR) is 143 cm³/mol. The maximum Gasteiger partial charge on any atom is 0.407 e. The Hall–Kier alpha value is -5.32. The topological polar surface area (TPSA) is 139 Å². The molecule has 11 heteroatoms. The van der Waals surface area contributed by atoms with Crippen molar-refractivity contribution in [2.24, 2.45) is 0 Å². The van der Waals surface area contributed by atoms with Crippen LogP contribution in [0.1, 0.15) is 23.5 Å². The summed E-state index contributed by atoms with van der Waals surface area (Å²) < 4.78 is 10.5. The van der Waals surface area contributed by atoms with Gasteiger partial charge in [-0.25, -0.2) is 14.4 Å². The zero-order valence-corrected chi connectivity index (χ0v) is 21.2. The Labute approximate surface area is 227 Å². The minimum Gasteiger partial charge on any atom is -0.460 e. The van der Waals surface area contributed by atoms with Crippen molar-refractivity contribution >= 4 is 28.9 Å². The Balaban J connectivity index is 1.26. The zero-order valence-electron chi connectivity index (χ0n) is 21.2. The number of amides is 1. The third kappa shape index (κ3) is 5.44. The molecule has 0 radical (unpaired) electrons. The number of carbonyl (C=O) groups is 3. The Morgan fingerprint density at radius 3 is 2.30 bits per heavy atom. The fraction of sp³-hybridized carbons (Fsp3) is 0.172. The largest absolute Gasteiger partial charge is 0.460 e. The van der Waals surface area contributed by atoms with E-state index in [2.05, 4.69) is 22.2 Å². The van der Waals surface area contributed by atoms with Crippen molar-refractivity contribution < 1.29 is 28.7 Å². The molecule has 11 nitrogen and oxygen atoms in total. The van der Waals surface area contributed by atoms with Crippen LogP contribution in [0.2, 0.25) is 0 Å². The number of ether oxygens (including phenoxy) is 2. The van der Waals surface area contributed by atoms with Gasteiger partial charge in [0, 0.05) is 5.92 Å². The van der Waals surface area contributed by atoms with Crippen molar-refractivity contribution in [3.63, 3.8) is 0 Å². The maximum absolute atomic E-state index is 12.8. The summed E-state index contributed by atoms with van der Waals surface area (Å²) in [5, 5.41) is 9.97. The Morgan fingerprint density at radius 1 is 0.950 bits per heavy atom. The number of rotatable bonds is 9. The molecule has 0 aliphatic heterocycles. The van der Waals surface area contributed by atoms with Gasteiger partial charge in [-0.15, -0.1) is 5.10 Å². The minimum atomic E-state index is -1.47. The summed E-state index contributed by atoms with van der Waals surface area (Å²) in [4.78, 5) is 56.0. The first kappa shape index (κ1) is 26.3. The van der Waals surface area contributed by atoms with Crippen LogP contribution in [0.3, 0.4) is 0 Å². The normalized spacial score (nSPS) is 12.6. The molecule has 1 N–H and O–H groups in total. The molecule has 5 rings (SSSR count). The van der Waals surface area contributed by atoms with Crippen molar-refractivity contribution in [2.75, 3.05) is 13.2 Å². The number of aromatic nitrogens is 3. The first-order chi connectivity index (χ1) is 19.5. The van der Waals surface area contributed by atoms with Crippen LogP contribution >= 0.6 is 0 Å². The number of nitrogens with one attached hydrogen (secondary N) is 1. The summed E-state index contributed by atoms with van der Waals surface area (Å²) in [6.07, 6.45) is -0.260. The molecule has 202 valence electrons. The smallest absolute Gasteiger partial charge is 0.407 e. The van der Waals surface area contributed by atoms with Gasteiger partial charge in [0.15, 0.2) is 0 Å². The van der Waals surface area contributed by atoms with Gasteiger partial charge >= 0.3 is 23.6 Å². The monoisotopic (exact) mass is 540 g/mol. The van der Waals surface area contributed by atoms with E-state index in [0.717, 1.165) is 22.3 Å². The molecule has 40 heavy (non-hydrogen) atoms. The zero-order chi connectivity index (χ0) is 28.1. The number of esters is 1. The number of fused-ring (bicyclic) bond motifs is 4. The van der Waals surface area contributed by atoms with Crippen LogP contribution in [0.25, 0.3) is 22.0 Å². The first-order valence-corrected chi connectivity index (χ1v) is 12.4. The molecular weight excluding hydrogens is 516 g/mol. The summed E-state index contributed by atoms with van der Waals surface area (Å²) >= 11 is 0. The highest BCUT2D eigenvalue weighted by Gasteiger charge is 2.31. The van der Waals surface area contributed by atoms with Gasteiger partial charge < -0.3 is 19.6 Å². The fourth-order valence-electron chi connectivity index (χ4n) is 4.55. The van der Waals surface area contributed by atoms with Crippen LogP contribution in [0.15, 0.2) is 90.2 Å². The fourth-order valence-corrected chi connectivity index (χ4v) is 4.55. The molecule has 0 unspecified atom stereocenters. The van der Waals surface area contributed by atoms with E-state index in [1.165, 1.54) is 12.1 Å². The summed E-state index contributed by atoms with van der Waals surface area (Å²) in [6.45, 7) is 3.33. The quantitative estimate of drug-likeness (QED) is 0.193. The highest BCUT2D eigenvalue weighted by atomic mass is 16.7. The van der Waals surface area contributed by atoms with E-state index in [9.17, 15) is 19.2 Å². The van der Waals surface area contributed by atoms with Crippen molar-refractivity contribution in [3.8, 4) is 11.1 Å². The van der Waals surface area contributed by atoms with Crippen molar-refractivity contribution in [3.05, 3.63) is 107 Å². The van der Waals surface area contributed by atoms with Crippen LogP contribution in [0.4, 0.5) is 4.79 Å². The molecule has 0 bridgehead atoms. The number of hydrogen-bond acceptors (Lipinski definition) is 9. The van der Waals surface area contributed by atoms with Gasteiger partial charge in [0.25, 0.3) is 0 Å². The number of nitrogens with zero attached hydrogens (tertiary/aromatic N) is 3.